The van der Waals surface area contributed by atoms with E-state index in [0.717, 1.165) is 6.54 Å². The first kappa shape index (κ1) is 12.2. The second kappa shape index (κ2) is 4.78. The normalized spacial score (nSPS) is 11.3. The molecule has 3 aromatic carbocycles. The molecule has 0 aliphatic rings. The molecule has 102 valence electrons. The Bertz CT molecular complexity index is 878. The van der Waals surface area contributed by atoms with E-state index in [9.17, 15) is 0 Å². The summed E-state index contributed by atoms with van der Waals surface area (Å²) in [5.74, 6) is 0. The Hall–Kier alpha value is -2.54. The lowest BCUT2D eigenvalue weighted by Gasteiger charge is -2.10. The average molecular weight is 271 g/mol. The Kier molecular flexibility index (Phi) is 2.78. The van der Waals surface area contributed by atoms with Crippen LogP contribution in [0.3, 0.4) is 0 Å². The Balaban J connectivity index is 2.00. The topological polar surface area (TPSA) is 4.93 Å². The molecule has 0 aliphatic carbocycles. The fourth-order valence-electron chi connectivity index (χ4n) is 3.13. The molecule has 0 amide bonds. The van der Waals surface area contributed by atoms with Crippen molar-refractivity contribution >= 4 is 21.8 Å². The van der Waals surface area contributed by atoms with Gasteiger partial charge in [0, 0.05) is 28.4 Å². The Labute approximate surface area is 124 Å². The molecule has 4 aromatic rings. The quantitative estimate of drug-likeness (QED) is 0.475. The zero-order valence-corrected chi connectivity index (χ0v) is 12.1. The van der Waals surface area contributed by atoms with Crippen molar-refractivity contribution in [1.29, 1.82) is 0 Å². The third-order valence-electron chi connectivity index (χ3n) is 4.27. The van der Waals surface area contributed by atoms with Crippen molar-refractivity contribution in [3.8, 4) is 0 Å². The van der Waals surface area contributed by atoms with E-state index in [-0.39, 0.29) is 0 Å². The van der Waals surface area contributed by atoms with Crippen molar-refractivity contribution in [3.63, 3.8) is 0 Å². The third-order valence-corrected chi connectivity index (χ3v) is 4.27. The van der Waals surface area contributed by atoms with Crippen LogP contribution in [0.5, 0.6) is 0 Å². The van der Waals surface area contributed by atoms with Gasteiger partial charge in [-0.3, -0.25) is 0 Å². The number of aryl methyl sites for hydroxylation is 1. The fraction of sp³-hybridized carbons (Fsp3) is 0.100. The lowest BCUT2D eigenvalue weighted by Crippen LogP contribution is -2.00. The zero-order valence-electron chi connectivity index (χ0n) is 12.1. The van der Waals surface area contributed by atoms with Gasteiger partial charge in [-0.25, -0.2) is 0 Å². The number of nitrogens with zero attached hydrogens (tertiary/aromatic N) is 1. The van der Waals surface area contributed by atoms with Gasteiger partial charge >= 0.3 is 0 Å². The number of aromatic nitrogens is 1. The predicted molar refractivity (Wildman–Crippen MR) is 89.7 cm³/mol. The molecular formula is C20H17N. The molecule has 0 spiro atoms. The standard InChI is InChI=1S/C20H17N/c1-15-8-2-3-9-16(15)14-21-19-12-6-4-10-17(19)18-11-5-7-13-20(18)21/h2-13H,14H2,1H3. The first-order valence-electron chi connectivity index (χ1n) is 7.35. The van der Waals surface area contributed by atoms with Gasteiger partial charge in [0.15, 0.2) is 0 Å². The fourth-order valence-corrected chi connectivity index (χ4v) is 3.13. The number of hydrogen-bond donors (Lipinski definition) is 0. The van der Waals surface area contributed by atoms with Crippen LogP contribution < -0.4 is 0 Å². The summed E-state index contributed by atoms with van der Waals surface area (Å²) < 4.78 is 2.42. The van der Waals surface area contributed by atoms with Gasteiger partial charge in [-0.1, -0.05) is 60.7 Å². The van der Waals surface area contributed by atoms with E-state index >= 15 is 0 Å². The summed E-state index contributed by atoms with van der Waals surface area (Å²) >= 11 is 0. The van der Waals surface area contributed by atoms with Crippen LogP contribution in [0.15, 0.2) is 72.8 Å². The van der Waals surface area contributed by atoms with Crippen molar-refractivity contribution in [2.24, 2.45) is 0 Å². The van der Waals surface area contributed by atoms with Crippen LogP contribution in [0.25, 0.3) is 21.8 Å². The molecule has 1 nitrogen and oxygen atoms in total. The Morgan fingerprint density at radius 2 is 1.19 bits per heavy atom. The van der Waals surface area contributed by atoms with E-state index in [2.05, 4.69) is 84.3 Å². The van der Waals surface area contributed by atoms with Gasteiger partial charge < -0.3 is 4.57 Å². The Morgan fingerprint density at radius 1 is 0.667 bits per heavy atom. The number of fused-ring (bicyclic) bond motifs is 3. The highest BCUT2D eigenvalue weighted by Crippen LogP contribution is 2.29. The Morgan fingerprint density at radius 3 is 1.81 bits per heavy atom. The molecule has 0 saturated heterocycles. The van der Waals surface area contributed by atoms with Gasteiger partial charge in [0.05, 0.1) is 0 Å². The van der Waals surface area contributed by atoms with Crippen molar-refractivity contribution < 1.29 is 0 Å². The molecule has 0 atom stereocenters. The molecule has 0 fully saturated rings. The van der Waals surface area contributed by atoms with Crippen molar-refractivity contribution in [2.75, 3.05) is 0 Å². The molecule has 21 heavy (non-hydrogen) atoms. The monoisotopic (exact) mass is 271 g/mol. The van der Waals surface area contributed by atoms with E-state index in [1.54, 1.807) is 0 Å². The summed E-state index contributed by atoms with van der Waals surface area (Å²) in [5, 5.41) is 2.67. The molecule has 1 aromatic heterocycles. The summed E-state index contributed by atoms with van der Waals surface area (Å²) in [5.41, 5.74) is 5.34. The van der Waals surface area contributed by atoms with Crippen LogP contribution in [0.4, 0.5) is 0 Å². The van der Waals surface area contributed by atoms with E-state index < -0.39 is 0 Å². The molecule has 0 bridgehead atoms. The summed E-state index contributed by atoms with van der Waals surface area (Å²) in [6, 6.07) is 26.0. The van der Waals surface area contributed by atoms with E-state index in [1.807, 2.05) is 0 Å². The first-order chi connectivity index (χ1) is 10.3. The highest BCUT2D eigenvalue weighted by atomic mass is 15.0. The smallest absolute Gasteiger partial charge is 0.0494 e. The maximum Gasteiger partial charge on any atom is 0.0494 e. The molecule has 0 radical (unpaired) electrons. The van der Waals surface area contributed by atoms with Gasteiger partial charge in [-0.05, 0) is 30.2 Å². The van der Waals surface area contributed by atoms with Gasteiger partial charge in [-0.2, -0.15) is 0 Å². The van der Waals surface area contributed by atoms with Crippen molar-refractivity contribution in [2.45, 2.75) is 13.5 Å². The third kappa shape index (κ3) is 1.93. The summed E-state index contributed by atoms with van der Waals surface area (Å²) in [6.07, 6.45) is 0. The number of rotatable bonds is 2. The van der Waals surface area contributed by atoms with Crippen molar-refractivity contribution in [3.05, 3.63) is 83.9 Å². The maximum atomic E-state index is 2.42. The lowest BCUT2D eigenvalue weighted by atomic mass is 10.1. The molecule has 1 heteroatoms. The zero-order chi connectivity index (χ0) is 14.2. The van der Waals surface area contributed by atoms with Crippen LogP contribution in [-0.4, -0.2) is 4.57 Å². The average Bonchev–Trinajstić information content (AvgIpc) is 2.85. The van der Waals surface area contributed by atoms with E-state index in [4.69, 9.17) is 0 Å². The van der Waals surface area contributed by atoms with Crippen molar-refractivity contribution in [1.82, 2.24) is 4.57 Å². The van der Waals surface area contributed by atoms with Crippen LogP contribution in [0.1, 0.15) is 11.1 Å². The molecular weight excluding hydrogens is 254 g/mol. The maximum absolute atomic E-state index is 2.42. The van der Waals surface area contributed by atoms with Crippen LogP contribution >= 0.6 is 0 Å². The lowest BCUT2D eigenvalue weighted by molar-refractivity contribution is 0.861. The summed E-state index contributed by atoms with van der Waals surface area (Å²) in [6.45, 7) is 3.10. The summed E-state index contributed by atoms with van der Waals surface area (Å²) in [4.78, 5) is 0. The molecule has 0 saturated carbocycles. The summed E-state index contributed by atoms with van der Waals surface area (Å²) in [7, 11) is 0. The molecule has 0 aliphatic heterocycles. The molecule has 0 unspecified atom stereocenters. The van der Waals surface area contributed by atoms with E-state index in [0.29, 0.717) is 0 Å². The first-order valence-corrected chi connectivity index (χ1v) is 7.35. The predicted octanol–water partition coefficient (Wildman–Crippen LogP) is 5.15. The molecule has 4 rings (SSSR count). The van der Waals surface area contributed by atoms with Crippen LogP contribution in [0, 0.1) is 6.92 Å². The molecule has 1 heterocycles. The van der Waals surface area contributed by atoms with Crippen LogP contribution in [0.2, 0.25) is 0 Å². The number of hydrogen-bond acceptors (Lipinski definition) is 0. The minimum Gasteiger partial charge on any atom is -0.336 e. The SMILES string of the molecule is Cc1ccccc1Cn1c2ccccc2c2ccccc21. The second-order valence-electron chi connectivity index (χ2n) is 5.55. The van der Waals surface area contributed by atoms with Gasteiger partial charge in [0.1, 0.15) is 0 Å². The van der Waals surface area contributed by atoms with E-state index in [1.165, 1.54) is 32.9 Å². The van der Waals surface area contributed by atoms with Gasteiger partial charge in [0.25, 0.3) is 0 Å². The minimum absolute atomic E-state index is 0.917. The highest BCUT2D eigenvalue weighted by Gasteiger charge is 2.10. The van der Waals surface area contributed by atoms with Crippen LogP contribution in [-0.2, 0) is 6.54 Å². The number of para-hydroxylation sites is 2. The van der Waals surface area contributed by atoms with Gasteiger partial charge in [0.2, 0.25) is 0 Å². The highest BCUT2D eigenvalue weighted by molar-refractivity contribution is 6.08. The number of benzene rings is 3. The minimum atomic E-state index is 0.917. The van der Waals surface area contributed by atoms with Gasteiger partial charge in [-0.15, -0.1) is 0 Å². The largest absolute Gasteiger partial charge is 0.336 e. The molecule has 0 N–H and O–H groups in total. The second-order valence-corrected chi connectivity index (χ2v) is 5.55.